The maximum atomic E-state index is 12.9. The van der Waals surface area contributed by atoms with E-state index in [0.29, 0.717) is 12.1 Å². The zero-order valence-electron chi connectivity index (χ0n) is 11.9. The van der Waals surface area contributed by atoms with Gasteiger partial charge in [0.2, 0.25) is 0 Å². The van der Waals surface area contributed by atoms with E-state index in [1.165, 1.54) is 24.3 Å². The first kappa shape index (κ1) is 14.5. The fourth-order valence-corrected chi connectivity index (χ4v) is 2.01. The molecule has 0 aliphatic rings. The normalized spacial score (nSPS) is 12.7. The molecule has 20 heavy (non-hydrogen) atoms. The van der Waals surface area contributed by atoms with Gasteiger partial charge in [0.1, 0.15) is 17.3 Å². The fraction of sp³-hybridized carbons (Fsp3) is 0.312. The number of hydrogen-bond donors (Lipinski definition) is 0. The van der Waals surface area contributed by atoms with Gasteiger partial charge in [0.05, 0.1) is 12.6 Å². The van der Waals surface area contributed by atoms with Gasteiger partial charge in [0.25, 0.3) is 0 Å². The third-order valence-electron chi connectivity index (χ3n) is 3.37. The lowest BCUT2D eigenvalue weighted by molar-refractivity contribution is 0.0855. The summed E-state index contributed by atoms with van der Waals surface area (Å²) >= 11 is 0. The van der Waals surface area contributed by atoms with Crippen molar-refractivity contribution in [1.82, 2.24) is 4.90 Å². The Morgan fingerprint density at radius 1 is 1.25 bits per heavy atom. The van der Waals surface area contributed by atoms with E-state index in [-0.39, 0.29) is 17.6 Å². The van der Waals surface area contributed by atoms with Crippen LogP contribution < -0.4 is 0 Å². The highest BCUT2D eigenvalue weighted by molar-refractivity contribution is 5.99. The van der Waals surface area contributed by atoms with E-state index in [9.17, 15) is 9.18 Å². The van der Waals surface area contributed by atoms with Crippen LogP contribution in [0.2, 0.25) is 0 Å². The van der Waals surface area contributed by atoms with Crippen LogP contribution in [-0.4, -0.2) is 23.8 Å². The first-order chi connectivity index (χ1) is 9.47. The number of likely N-dealkylation sites (N-methyl/N-ethyl adjacent to an activating group) is 1. The monoisotopic (exact) mass is 275 g/mol. The number of halogens is 1. The van der Waals surface area contributed by atoms with Crippen LogP contribution in [0, 0.1) is 12.7 Å². The molecule has 0 bridgehead atoms. The number of aryl methyl sites for hydroxylation is 1. The zero-order valence-corrected chi connectivity index (χ0v) is 11.9. The Bertz CT molecular complexity index is 589. The van der Waals surface area contributed by atoms with Gasteiger partial charge in [-0.15, -0.1) is 0 Å². The second kappa shape index (κ2) is 6.01. The third-order valence-corrected chi connectivity index (χ3v) is 3.37. The Morgan fingerprint density at radius 3 is 2.45 bits per heavy atom. The number of hydrogen-bond acceptors (Lipinski definition) is 3. The molecule has 1 aromatic carbocycles. The lowest BCUT2D eigenvalue weighted by atomic mass is 10.0. The largest absolute Gasteiger partial charge is 0.465 e. The smallest absolute Gasteiger partial charge is 0.179 e. The summed E-state index contributed by atoms with van der Waals surface area (Å²) in [5.41, 5.74) is 0.515. The summed E-state index contributed by atoms with van der Waals surface area (Å²) in [5, 5.41) is 0. The SMILES string of the molecule is Cc1ccc(CN(C)C(C)C(=O)c2ccc(F)cc2)o1. The van der Waals surface area contributed by atoms with E-state index in [1.54, 1.807) is 0 Å². The Balaban J connectivity index is 2.04. The first-order valence-electron chi connectivity index (χ1n) is 6.52. The molecule has 0 aliphatic heterocycles. The number of rotatable bonds is 5. The van der Waals surface area contributed by atoms with Crippen LogP contribution in [0.5, 0.6) is 0 Å². The molecule has 4 heteroatoms. The van der Waals surface area contributed by atoms with Crippen LogP contribution in [0.3, 0.4) is 0 Å². The van der Waals surface area contributed by atoms with Crippen molar-refractivity contribution in [2.45, 2.75) is 26.4 Å². The third kappa shape index (κ3) is 3.33. The van der Waals surface area contributed by atoms with E-state index in [4.69, 9.17) is 4.42 Å². The number of carbonyl (C=O) groups is 1. The molecule has 3 nitrogen and oxygen atoms in total. The molecule has 2 rings (SSSR count). The lowest BCUT2D eigenvalue weighted by Crippen LogP contribution is -2.35. The minimum absolute atomic E-state index is 0.0317. The molecule has 1 unspecified atom stereocenters. The second-order valence-electron chi connectivity index (χ2n) is 4.97. The summed E-state index contributed by atoms with van der Waals surface area (Å²) in [6.07, 6.45) is 0. The zero-order chi connectivity index (χ0) is 14.7. The van der Waals surface area contributed by atoms with Crippen molar-refractivity contribution in [2.24, 2.45) is 0 Å². The summed E-state index contributed by atoms with van der Waals surface area (Å²) < 4.78 is 18.4. The Kier molecular flexibility index (Phi) is 4.35. The van der Waals surface area contributed by atoms with Gasteiger partial charge in [-0.05, 0) is 57.3 Å². The van der Waals surface area contributed by atoms with Crippen molar-refractivity contribution in [3.8, 4) is 0 Å². The molecule has 106 valence electrons. The van der Waals surface area contributed by atoms with Gasteiger partial charge in [0, 0.05) is 5.56 Å². The van der Waals surface area contributed by atoms with Gasteiger partial charge in [-0.25, -0.2) is 4.39 Å². The molecule has 1 atom stereocenters. The van der Waals surface area contributed by atoms with E-state index in [1.807, 2.05) is 37.9 Å². The van der Waals surface area contributed by atoms with E-state index in [2.05, 4.69) is 0 Å². The van der Waals surface area contributed by atoms with Gasteiger partial charge in [-0.1, -0.05) is 0 Å². The number of nitrogens with zero attached hydrogens (tertiary/aromatic N) is 1. The van der Waals surface area contributed by atoms with Gasteiger partial charge < -0.3 is 4.42 Å². The molecular formula is C16H18FNO2. The Hall–Kier alpha value is -1.94. The highest BCUT2D eigenvalue weighted by Gasteiger charge is 2.20. The number of Topliss-reactive ketones (excluding diaryl/α,β-unsaturated/α-hetero) is 1. The molecule has 0 amide bonds. The number of benzene rings is 1. The standard InChI is InChI=1S/C16H18FNO2/c1-11-4-9-15(20-11)10-18(3)12(2)16(19)13-5-7-14(17)8-6-13/h4-9,12H,10H2,1-3H3. The number of furan rings is 1. The molecule has 0 N–H and O–H groups in total. The average molecular weight is 275 g/mol. The first-order valence-corrected chi connectivity index (χ1v) is 6.52. The minimum atomic E-state index is -0.339. The van der Waals surface area contributed by atoms with Crippen LogP contribution in [0.4, 0.5) is 4.39 Å². The summed E-state index contributed by atoms with van der Waals surface area (Å²) in [6.45, 7) is 4.28. The molecule has 0 fully saturated rings. The summed E-state index contributed by atoms with van der Waals surface area (Å²) in [4.78, 5) is 14.2. The van der Waals surface area contributed by atoms with Crippen molar-refractivity contribution in [2.75, 3.05) is 7.05 Å². The van der Waals surface area contributed by atoms with Crippen LogP contribution in [0.15, 0.2) is 40.8 Å². The topological polar surface area (TPSA) is 33.5 Å². The van der Waals surface area contributed by atoms with Crippen molar-refractivity contribution in [3.05, 3.63) is 59.3 Å². The average Bonchev–Trinajstić information content (AvgIpc) is 2.83. The van der Waals surface area contributed by atoms with Crippen molar-refractivity contribution in [3.63, 3.8) is 0 Å². The van der Waals surface area contributed by atoms with E-state index >= 15 is 0 Å². The maximum Gasteiger partial charge on any atom is 0.179 e. The molecule has 0 saturated heterocycles. The molecule has 0 radical (unpaired) electrons. The highest BCUT2D eigenvalue weighted by atomic mass is 19.1. The van der Waals surface area contributed by atoms with E-state index < -0.39 is 0 Å². The molecule has 0 spiro atoms. The molecule has 0 aliphatic carbocycles. The predicted molar refractivity (Wildman–Crippen MR) is 75.1 cm³/mol. The number of carbonyl (C=O) groups excluding carboxylic acids is 1. The summed E-state index contributed by atoms with van der Waals surface area (Å²) in [7, 11) is 1.87. The summed E-state index contributed by atoms with van der Waals surface area (Å²) in [5.74, 6) is 1.30. The molecular weight excluding hydrogens is 257 g/mol. The quantitative estimate of drug-likeness (QED) is 0.784. The van der Waals surface area contributed by atoms with Gasteiger partial charge in [-0.2, -0.15) is 0 Å². The maximum absolute atomic E-state index is 12.9. The number of ketones is 1. The lowest BCUT2D eigenvalue weighted by Gasteiger charge is -2.22. The molecule has 2 aromatic rings. The van der Waals surface area contributed by atoms with Gasteiger partial charge in [-0.3, -0.25) is 9.69 Å². The minimum Gasteiger partial charge on any atom is -0.465 e. The van der Waals surface area contributed by atoms with Crippen LogP contribution in [0.1, 0.15) is 28.8 Å². The molecule has 1 heterocycles. The van der Waals surface area contributed by atoms with Crippen molar-refractivity contribution >= 4 is 5.78 Å². The Morgan fingerprint density at radius 2 is 1.90 bits per heavy atom. The van der Waals surface area contributed by atoms with Crippen molar-refractivity contribution < 1.29 is 13.6 Å². The van der Waals surface area contributed by atoms with Gasteiger partial charge >= 0.3 is 0 Å². The Labute approximate surface area is 118 Å². The van der Waals surface area contributed by atoms with Crippen LogP contribution in [0.25, 0.3) is 0 Å². The fourth-order valence-electron chi connectivity index (χ4n) is 2.01. The highest BCUT2D eigenvalue weighted by Crippen LogP contribution is 2.14. The predicted octanol–water partition coefficient (Wildman–Crippen LogP) is 3.43. The molecule has 1 aromatic heterocycles. The van der Waals surface area contributed by atoms with E-state index in [0.717, 1.165) is 11.5 Å². The van der Waals surface area contributed by atoms with Crippen LogP contribution >= 0.6 is 0 Å². The second-order valence-corrected chi connectivity index (χ2v) is 4.97. The summed E-state index contributed by atoms with van der Waals surface area (Å²) in [6, 6.07) is 9.13. The van der Waals surface area contributed by atoms with Crippen molar-refractivity contribution in [1.29, 1.82) is 0 Å². The van der Waals surface area contributed by atoms with Crippen LogP contribution in [-0.2, 0) is 6.54 Å². The van der Waals surface area contributed by atoms with Gasteiger partial charge in [0.15, 0.2) is 5.78 Å². The molecule has 0 saturated carbocycles.